The molecule has 0 amide bonds. The molecule has 1 aromatic carbocycles. The second kappa shape index (κ2) is 11.5. The molecule has 2 unspecified atom stereocenters. The standard InChI is InChI=1S/C29H33FN8O2S/c1-5-33-37-10-8-19(9-11-37)40-23-7-6-21(26(30)18(23)2)34-28-27-22(31-17-32-28)15-24(39-4)29(35-27)38-13-12-36(3)16-20-14-25(38)41-20/h5-10,15,17,20,25H,11-14,16H2,1-4H3,(H,31,32,34)/b33-5-. The van der Waals surface area contributed by atoms with Gasteiger partial charge in [0.25, 0.3) is 0 Å². The first-order chi connectivity index (χ1) is 19.9. The number of likely N-dealkylation sites (N-methyl/N-ethyl adjacent to an activating group) is 1. The van der Waals surface area contributed by atoms with E-state index in [0.29, 0.717) is 56.8 Å². The van der Waals surface area contributed by atoms with Crippen molar-refractivity contribution >= 4 is 46.3 Å². The van der Waals surface area contributed by atoms with E-state index >= 15 is 4.39 Å². The molecule has 1 N–H and O–H groups in total. The van der Waals surface area contributed by atoms with Crippen LogP contribution < -0.4 is 19.7 Å². The van der Waals surface area contributed by atoms with Crippen molar-refractivity contribution in [3.8, 4) is 11.5 Å². The third-order valence-corrected chi connectivity index (χ3v) is 8.91. The van der Waals surface area contributed by atoms with Crippen LogP contribution in [-0.2, 0) is 0 Å². The topological polar surface area (TPSA) is 91.2 Å². The summed E-state index contributed by atoms with van der Waals surface area (Å²) in [7, 11) is 3.81. The van der Waals surface area contributed by atoms with Gasteiger partial charge < -0.3 is 24.6 Å². The van der Waals surface area contributed by atoms with Crippen LogP contribution in [0.1, 0.15) is 18.9 Å². The van der Waals surface area contributed by atoms with Crippen molar-refractivity contribution < 1.29 is 13.9 Å². The van der Waals surface area contributed by atoms with Gasteiger partial charge in [-0.1, -0.05) is 0 Å². The third-order valence-electron chi connectivity index (χ3n) is 7.42. The number of halogens is 1. The van der Waals surface area contributed by atoms with Gasteiger partial charge in [-0.15, -0.1) is 11.8 Å². The van der Waals surface area contributed by atoms with Gasteiger partial charge in [-0.3, -0.25) is 5.01 Å². The summed E-state index contributed by atoms with van der Waals surface area (Å²) in [5.74, 6) is 2.48. The molecule has 12 heteroatoms. The number of anilines is 3. The van der Waals surface area contributed by atoms with Crippen molar-refractivity contribution in [3.05, 3.63) is 60.0 Å². The lowest BCUT2D eigenvalue weighted by molar-refractivity contribution is 0.306. The molecule has 3 aromatic rings. The van der Waals surface area contributed by atoms with Crippen LogP contribution in [0.4, 0.5) is 21.7 Å². The second-order valence-corrected chi connectivity index (χ2v) is 11.7. The van der Waals surface area contributed by atoms with Gasteiger partial charge in [-0.2, -0.15) is 5.10 Å². The second-order valence-electron chi connectivity index (χ2n) is 10.2. The van der Waals surface area contributed by atoms with Gasteiger partial charge in [0.1, 0.15) is 23.4 Å². The van der Waals surface area contributed by atoms with Gasteiger partial charge in [-0.25, -0.2) is 19.3 Å². The lowest BCUT2D eigenvalue weighted by Gasteiger charge is -2.47. The minimum Gasteiger partial charge on any atom is -0.493 e. The van der Waals surface area contributed by atoms with Gasteiger partial charge in [-0.05, 0) is 51.6 Å². The molecule has 4 aliphatic rings. The van der Waals surface area contributed by atoms with Crippen LogP contribution in [0.3, 0.4) is 0 Å². The van der Waals surface area contributed by atoms with Crippen LogP contribution in [0.5, 0.6) is 11.5 Å². The highest BCUT2D eigenvalue weighted by atomic mass is 32.2. The summed E-state index contributed by atoms with van der Waals surface area (Å²) in [6.07, 6.45) is 9.79. The Morgan fingerprint density at radius 1 is 1.22 bits per heavy atom. The van der Waals surface area contributed by atoms with E-state index in [1.165, 1.54) is 6.33 Å². The molecule has 214 valence electrons. The zero-order valence-electron chi connectivity index (χ0n) is 23.5. The number of nitrogens with one attached hydrogen (secondary N) is 1. The average Bonchev–Trinajstić information content (AvgIpc) is 2.95. The lowest BCUT2D eigenvalue weighted by Crippen LogP contribution is -2.52. The Balaban J connectivity index is 1.28. The van der Waals surface area contributed by atoms with E-state index in [9.17, 15) is 0 Å². The molecule has 0 saturated carbocycles. The maximum atomic E-state index is 15.6. The van der Waals surface area contributed by atoms with E-state index in [2.05, 4.69) is 37.2 Å². The largest absolute Gasteiger partial charge is 0.493 e. The Morgan fingerprint density at radius 3 is 2.83 bits per heavy atom. The smallest absolute Gasteiger partial charge is 0.173 e. The quantitative estimate of drug-likeness (QED) is 0.392. The van der Waals surface area contributed by atoms with Crippen LogP contribution >= 0.6 is 11.8 Å². The Kier molecular flexibility index (Phi) is 7.67. The van der Waals surface area contributed by atoms with Crippen molar-refractivity contribution in [2.45, 2.75) is 30.9 Å². The molecule has 3 saturated heterocycles. The zero-order chi connectivity index (χ0) is 28.5. The molecule has 0 spiro atoms. The van der Waals surface area contributed by atoms with E-state index in [-0.39, 0.29) is 5.69 Å². The molecule has 2 atom stereocenters. The van der Waals surface area contributed by atoms with Crippen LogP contribution in [0.2, 0.25) is 0 Å². The molecule has 41 heavy (non-hydrogen) atoms. The minimum absolute atomic E-state index is 0.274. The fourth-order valence-corrected chi connectivity index (χ4v) is 6.59. The monoisotopic (exact) mass is 576 g/mol. The van der Waals surface area contributed by atoms with Gasteiger partial charge >= 0.3 is 0 Å². The third kappa shape index (κ3) is 5.53. The van der Waals surface area contributed by atoms with Gasteiger partial charge in [0.15, 0.2) is 23.2 Å². The molecule has 6 heterocycles. The van der Waals surface area contributed by atoms with Crippen molar-refractivity contribution in [1.82, 2.24) is 24.9 Å². The highest BCUT2D eigenvalue weighted by Gasteiger charge is 2.38. The Labute approximate surface area is 242 Å². The lowest BCUT2D eigenvalue weighted by atomic mass is 10.1. The SMILES string of the molecule is C/C=N\N1C=CC(Oc2ccc(Nc3ncnc4cc(OC)c(N5CCN(C)CC6CC5S6)nc34)c(F)c2C)=CC1. The number of aromatic nitrogens is 3. The van der Waals surface area contributed by atoms with Crippen molar-refractivity contribution in [1.29, 1.82) is 0 Å². The first-order valence-corrected chi connectivity index (χ1v) is 14.6. The average molecular weight is 577 g/mol. The number of hydrogen-bond donors (Lipinski definition) is 1. The summed E-state index contributed by atoms with van der Waals surface area (Å²) >= 11 is 1.97. The number of rotatable bonds is 7. The zero-order valence-corrected chi connectivity index (χ0v) is 24.4. The van der Waals surface area contributed by atoms with Crippen molar-refractivity contribution in [3.63, 3.8) is 0 Å². The van der Waals surface area contributed by atoms with Gasteiger partial charge in [0.2, 0.25) is 0 Å². The van der Waals surface area contributed by atoms with Crippen LogP contribution in [0, 0.1) is 12.7 Å². The molecule has 10 nitrogen and oxygen atoms in total. The summed E-state index contributed by atoms with van der Waals surface area (Å²) in [4.78, 5) is 18.5. The molecule has 2 bridgehead atoms. The number of ether oxygens (including phenoxy) is 2. The molecule has 0 radical (unpaired) electrons. The molecular formula is C29H33FN8O2S. The first-order valence-electron chi connectivity index (χ1n) is 13.6. The highest BCUT2D eigenvalue weighted by molar-refractivity contribution is 8.02. The van der Waals surface area contributed by atoms with Gasteiger partial charge in [0.05, 0.1) is 30.2 Å². The summed E-state index contributed by atoms with van der Waals surface area (Å²) in [5.41, 5.74) is 1.82. The maximum absolute atomic E-state index is 15.6. The number of pyridine rings is 1. The molecule has 4 aliphatic heterocycles. The number of fused-ring (bicyclic) bond motifs is 5. The minimum atomic E-state index is -0.427. The number of methoxy groups -OCH3 is 1. The van der Waals surface area contributed by atoms with E-state index in [0.717, 1.165) is 31.9 Å². The molecule has 0 aliphatic carbocycles. The summed E-state index contributed by atoms with van der Waals surface area (Å²) < 4.78 is 27.4. The number of hydrogen-bond acceptors (Lipinski definition) is 11. The fourth-order valence-electron chi connectivity index (χ4n) is 5.17. The molecular weight excluding hydrogens is 543 g/mol. The van der Waals surface area contributed by atoms with E-state index in [1.54, 1.807) is 43.5 Å². The van der Waals surface area contributed by atoms with E-state index in [1.807, 2.05) is 37.0 Å². The Morgan fingerprint density at radius 2 is 2.07 bits per heavy atom. The number of benzene rings is 1. The summed E-state index contributed by atoms with van der Waals surface area (Å²) in [5, 5.41) is 10.1. The molecule has 7 rings (SSSR count). The Hall–Kier alpha value is -3.90. The van der Waals surface area contributed by atoms with E-state index in [4.69, 9.17) is 14.5 Å². The number of allylic oxidation sites excluding steroid dienone is 1. The number of hydrazone groups is 1. The van der Waals surface area contributed by atoms with Crippen LogP contribution in [0.25, 0.3) is 11.0 Å². The predicted octanol–water partition coefficient (Wildman–Crippen LogP) is 4.91. The molecule has 2 aromatic heterocycles. The fraction of sp³-hybridized carbons (Fsp3) is 0.379. The predicted molar refractivity (Wildman–Crippen MR) is 162 cm³/mol. The van der Waals surface area contributed by atoms with Crippen molar-refractivity contribution in [2.75, 3.05) is 50.6 Å². The van der Waals surface area contributed by atoms with Gasteiger partial charge in [0, 0.05) is 48.9 Å². The highest BCUT2D eigenvalue weighted by Crippen LogP contribution is 2.44. The number of nitrogens with zero attached hydrogens (tertiary/aromatic N) is 7. The molecule has 3 fully saturated rings. The van der Waals surface area contributed by atoms with Crippen LogP contribution in [0.15, 0.2) is 53.7 Å². The van der Waals surface area contributed by atoms with E-state index < -0.39 is 5.82 Å². The Bertz CT molecular complexity index is 1540. The summed E-state index contributed by atoms with van der Waals surface area (Å²) in [6.45, 7) is 7.00. The normalized spacial score (nSPS) is 21.0. The number of thioether (sulfide) groups is 1. The maximum Gasteiger partial charge on any atom is 0.173 e. The van der Waals surface area contributed by atoms with Crippen LogP contribution in [-0.4, -0.2) is 82.0 Å². The summed E-state index contributed by atoms with van der Waals surface area (Å²) in [6, 6.07) is 5.28. The first kappa shape index (κ1) is 27.3. The van der Waals surface area contributed by atoms with Crippen molar-refractivity contribution in [2.24, 2.45) is 5.10 Å².